The summed E-state index contributed by atoms with van der Waals surface area (Å²) in [5.74, 6) is 2.50. The van der Waals surface area contributed by atoms with E-state index in [0.717, 1.165) is 30.6 Å². The minimum atomic E-state index is 0.471. The Labute approximate surface area is 116 Å². The zero-order valence-electron chi connectivity index (χ0n) is 12.0. The second-order valence-corrected chi connectivity index (χ2v) is 5.20. The highest BCUT2D eigenvalue weighted by Gasteiger charge is 2.24. The van der Waals surface area contributed by atoms with E-state index in [1.54, 1.807) is 7.11 Å². The summed E-state index contributed by atoms with van der Waals surface area (Å²) in [5.41, 5.74) is 0. The Balaban J connectivity index is 1.89. The van der Waals surface area contributed by atoms with Gasteiger partial charge in [0.25, 0.3) is 0 Å². The number of methoxy groups -OCH3 is 1. The summed E-state index contributed by atoms with van der Waals surface area (Å²) in [6.07, 6.45) is 5.40. The summed E-state index contributed by atoms with van der Waals surface area (Å²) in [7, 11) is 1.68. The van der Waals surface area contributed by atoms with Crippen molar-refractivity contribution in [3.05, 3.63) is 24.3 Å². The van der Waals surface area contributed by atoms with Gasteiger partial charge < -0.3 is 14.8 Å². The van der Waals surface area contributed by atoms with E-state index in [1.165, 1.54) is 25.7 Å². The Kier molecular flexibility index (Phi) is 5.52. The number of rotatable bonds is 7. The molecule has 3 nitrogen and oxygen atoms in total. The third-order valence-corrected chi connectivity index (χ3v) is 3.91. The first kappa shape index (κ1) is 14.2. The van der Waals surface area contributed by atoms with Crippen molar-refractivity contribution in [1.29, 1.82) is 0 Å². The molecule has 1 unspecified atom stereocenters. The van der Waals surface area contributed by atoms with Crippen LogP contribution < -0.4 is 14.8 Å². The lowest BCUT2D eigenvalue weighted by atomic mass is 9.99. The highest BCUT2D eigenvalue weighted by atomic mass is 16.5. The first-order chi connectivity index (χ1) is 9.33. The third kappa shape index (κ3) is 4.13. The minimum Gasteiger partial charge on any atom is -0.497 e. The van der Waals surface area contributed by atoms with Crippen LogP contribution in [0, 0.1) is 5.92 Å². The predicted molar refractivity (Wildman–Crippen MR) is 77.9 cm³/mol. The SMILES string of the molecule is CCNC(COc1cccc(OC)c1)C1CCCC1. The molecule has 3 heteroatoms. The molecule has 1 N–H and O–H groups in total. The van der Waals surface area contributed by atoms with Crippen molar-refractivity contribution in [1.82, 2.24) is 5.32 Å². The van der Waals surface area contributed by atoms with Crippen molar-refractivity contribution in [3.8, 4) is 11.5 Å². The lowest BCUT2D eigenvalue weighted by Crippen LogP contribution is -2.40. The van der Waals surface area contributed by atoms with Crippen LogP contribution in [0.15, 0.2) is 24.3 Å². The molecule has 0 saturated heterocycles. The molecule has 1 saturated carbocycles. The van der Waals surface area contributed by atoms with E-state index in [9.17, 15) is 0 Å². The van der Waals surface area contributed by atoms with Crippen LogP contribution in [0.4, 0.5) is 0 Å². The van der Waals surface area contributed by atoms with Crippen LogP contribution in [0.1, 0.15) is 32.6 Å². The summed E-state index contributed by atoms with van der Waals surface area (Å²) in [5, 5.41) is 3.57. The maximum Gasteiger partial charge on any atom is 0.123 e. The molecule has 1 fully saturated rings. The number of hydrogen-bond acceptors (Lipinski definition) is 3. The van der Waals surface area contributed by atoms with Gasteiger partial charge in [-0.05, 0) is 37.4 Å². The van der Waals surface area contributed by atoms with E-state index >= 15 is 0 Å². The topological polar surface area (TPSA) is 30.5 Å². The Hall–Kier alpha value is -1.22. The summed E-state index contributed by atoms with van der Waals surface area (Å²) in [4.78, 5) is 0. The molecule has 0 aliphatic heterocycles. The second kappa shape index (κ2) is 7.39. The van der Waals surface area contributed by atoms with E-state index in [1.807, 2.05) is 24.3 Å². The average molecular weight is 263 g/mol. The summed E-state index contributed by atoms with van der Waals surface area (Å²) < 4.78 is 11.1. The molecule has 1 aromatic rings. The van der Waals surface area contributed by atoms with E-state index in [-0.39, 0.29) is 0 Å². The maximum absolute atomic E-state index is 5.93. The van der Waals surface area contributed by atoms with Crippen LogP contribution in [0.5, 0.6) is 11.5 Å². The molecular weight excluding hydrogens is 238 g/mol. The molecule has 1 aliphatic carbocycles. The first-order valence-corrected chi connectivity index (χ1v) is 7.33. The number of hydrogen-bond donors (Lipinski definition) is 1. The minimum absolute atomic E-state index is 0.471. The van der Waals surface area contributed by atoms with Gasteiger partial charge in [-0.3, -0.25) is 0 Å². The van der Waals surface area contributed by atoms with Gasteiger partial charge in [-0.1, -0.05) is 25.8 Å². The molecule has 0 radical (unpaired) electrons. The number of ether oxygens (including phenoxy) is 2. The third-order valence-electron chi connectivity index (χ3n) is 3.91. The van der Waals surface area contributed by atoms with Crippen molar-refractivity contribution >= 4 is 0 Å². The van der Waals surface area contributed by atoms with Crippen molar-refractivity contribution in [2.24, 2.45) is 5.92 Å². The van der Waals surface area contributed by atoms with E-state index in [2.05, 4.69) is 12.2 Å². The van der Waals surface area contributed by atoms with Crippen LogP contribution in [-0.4, -0.2) is 26.3 Å². The standard InChI is InChI=1S/C16H25NO2/c1-3-17-16(13-7-4-5-8-13)12-19-15-10-6-9-14(11-15)18-2/h6,9-11,13,16-17H,3-5,7-8,12H2,1-2H3. The first-order valence-electron chi connectivity index (χ1n) is 7.33. The van der Waals surface area contributed by atoms with Crippen molar-refractivity contribution in [3.63, 3.8) is 0 Å². The molecule has 19 heavy (non-hydrogen) atoms. The normalized spacial score (nSPS) is 17.4. The number of nitrogens with one attached hydrogen (secondary N) is 1. The van der Waals surface area contributed by atoms with Gasteiger partial charge in [0.2, 0.25) is 0 Å². The van der Waals surface area contributed by atoms with Gasteiger partial charge in [0.15, 0.2) is 0 Å². The van der Waals surface area contributed by atoms with Gasteiger partial charge >= 0.3 is 0 Å². The Morgan fingerprint density at radius 3 is 2.68 bits per heavy atom. The highest BCUT2D eigenvalue weighted by Crippen LogP contribution is 2.28. The van der Waals surface area contributed by atoms with Crippen molar-refractivity contribution < 1.29 is 9.47 Å². The summed E-state index contributed by atoms with van der Waals surface area (Å²) in [6.45, 7) is 3.90. The molecule has 2 rings (SSSR count). The lowest BCUT2D eigenvalue weighted by Gasteiger charge is -2.24. The van der Waals surface area contributed by atoms with Crippen LogP contribution >= 0.6 is 0 Å². The van der Waals surface area contributed by atoms with Gasteiger partial charge in [-0.2, -0.15) is 0 Å². The average Bonchev–Trinajstić information content (AvgIpc) is 2.97. The van der Waals surface area contributed by atoms with Crippen molar-refractivity contribution in [2.45, 2.75) is 38.6 Å². The molecule has 1 aromatic carbocycles. The molecule has 1 atom stereocenters. The Morgan fingerprint density at radius 2 is 2.00 bits per heavy atom. The molecule has 0 amide bonds. The van der Waals surface area contributed by atoms with Gasteiger partial charge in [0.1, 0.15) is 18.1 Å². The molecular formula is C16H25NO2. The van der Waals surface area contributed by atoms with Crippen LogP contribution in [-0.2, 0) is 0 Å². The predicted octanol–water partition coefficient (Wildman–Crippen LogP) is 3.24. The smallest absolute Gasteiger partial charge is 0.123 e. The van der Waals surface area contributed by atoms with Gasteiger partial charge in [-0.25, -0.2) is 0 Å². The van der Waals surface area contributed by atoms with Crippen molar-refractivity contribution in [2.75, 3.05) is 20.3 Å². The fraction of sp³-hybridized carbons (Fsp3) is 0.625. The monoisotopic (exact) mass is 263 g/mol. The van der Waals surface area contributed by atoms with E-state index in [4.69, 9.17) is 9.47 Å². The zero-order valence-corrected chi connectivity index (χ0v) is 12.0. The lowest BCUT2D eigenvalue weighted by molar-refractivity contribution is 0.218. The van der Waals surface area contributed by atoms with Crippen LogP contribution in [0.3, 0.4) is 0 Å². The molecule has 106 valence electrons. The second-order valence-electron chi connectivity index (χ2n) is 5.20. The number of benzene rings is 1. The van der Waals surface area contributed by atoms with E-state index < -0.39 is 0 Å². The molecule has 1 aliphatic rings. The zero-order chi connectivity index (χ0) is 13.5. The molecule has 0 aromatic heterocycles. The van der Waals surface area contributed by atoms with Crippen LogP contribution in [0.25, 0.3) is 0 Å². The summed E-state index contributed by atoms with van der Waals surface area (Å²) >= 11 is 0. The van der Waals surface area contributed by atoms with Gasteiger partial charge in [0, 0.05) is 12.1 Å². The fourth-order valence-electron chi connectivity index (χ4n) is 2.86. The summed E-state index contributed by atoms with van der Waals surface area (Å²) in [6, 6.07) is 8.30. The van der Waals surface area contributed by atoms with E-state index in [0.29, 0.717) is 6.04 Å². The fourth-order valence-corrected chi connectivity index (χ4v) is 2.86. The quantitative estimate of drug-likeness (QED) is 0.819. The van der Waals surface area contributed by atoms with Crippen LogP contribution in [0.2, 0.25) is 0 Å². The van der Waals surface area contributed by atoms with Gasteiger partial charge in [0.05, 0.1) is 7.11 Å². The maximum atomic E-state index is 5.93. The largest absolute Gasteiger partial charge is 0.497 e. The number of likely N-dealkylation sites (N-methyl/N-ethyl adjacent to an activating group) is 1. The highest BCUT2D eigenvalue weighted by molar-refractivity contribution is 5.32. The molecule has 0 spiro atoms. The molecule has 0 heterocycles. The Bertz CT molecular complexity index is 375. The molecule has 0 bridgehead atoms. The Morgan fingerprint density at radius 1 is 1.26 bits per heavy atom. The van der Waals surface area contributed by atoms with Gasteiger partial charge in [-0.15, -0.1) is 0 Å².